The van der Waals surface area contributed by atoms with Crippen LogP contribution in [0.5, 0.6) is 0 Å². The highest BCUT2D eigenvalue weighted by Gasteiger charge is 2.03. The van der Waals surface area contributed by atoms with Crippen molar-refractivity contribution >= 4 is 16.5 Å². The van der Waals surface area contributed by atoms with Crippen LogP contribution in [0, 0.1) is 11.3 Å². The number of hydrogen-bond donors (Lipinski definition) is 1. The molecule has 0 amide bonds. The molecule has 3 aromatic rings. The van der Waals surface area contributed by atoms with E-state index in [2.05, 4.69) is 16.4 Å². The SMILES string of the molecule is N#Cc1ccccc1CNc1cccc2cnccc12. The second-order valence-corrected chi connectivity index (χ2v) is 4.52. The molecule has 0 radical (unpaired) electrons. The number of anilines is 1. The van der Waals surface area contributed by atoms with E-state index >= 15 is 0 Å². The van der Waals surface area contributed by atoms with Crippen LogP contribution in [0.4, 0.5) is 5.69 Å². The van der Waals surface area contributed by atoms with Crippen LogP contribution in [0.3, 0.4) is 0 Å². The van der Waals surface area contributed by atoms with E-state index in [1.54, 1.807) is 6.20 Å². The third kappa shape index (κ3) is 2.32. The molecule has 0 aliphatic rings. The minimum Gasteiger partial charge on any atom is -0.380 e. The molecule has 2 aromatic carbocycles. The predicted molar refractivity (Wildman–Crippen MR) is 80.2 cm³/mol. The zero-order chi connectivity index (χ0) is 13.8. The number of nitrogens with zero attached hydrogens (tertiary/aromatic N) is 2. The molecular formula is C17H13N3. The normalized spacial score (nSPS) is 10.2. The van der Waals surface area contributed by atoms with Crippen LogP contribution in [0.25, 0.3) is 10.8 Å². The molecule has 3 heteroatoms. The van der Waals surface area contributed by atoms with Gasteiger partial charge in [0.1, 0.15) is 0 Å². The molecule has 0 saturated carbocycles. The minimum atomic E-state index is 0.630. The van der Waals surface area contributed by atoms with Crippen molar-refractivity contribution in [2.24, 2.45) is 0 Å². The van der Waals surface area contributed by atoms with Crippen molar-refractivity contribution in [3.63, 3.8) is 0 Å². The van der Waals surface area contributed by atoms with Crippen LogP contribution >= 0.6 is 0 Å². The Kier molecular flexibility index (Phi) is 3.30. The summed E-state index contributed by atoms with van der Waals surface area (Å²) in [6, 6.07) is 17.9. The third-order valence-electron chi connectivity index (χ3n) is 3.29. The molecule has 1 heterocycles. The lowest BCUT2D eigenvalue weighted by Crippen LogP contribution is -2.01. The number of aromatic nitrogens is 1. The third-order valence-corrected chi connectivity index (χ3v) is 3.29. The van der Waals surface area contributed by atoms with Crippen molar-refractivity contribution in [2.75, 3.05) is 5.32 Å². The summed E-state index contributed by atoms with van der Waals surface area (Å²) in [5.41, 5.74) is 2.76. The van der Waals surface area contributed by atoms with Crippen LogP contribution in [-0.4, -0.2) is 4.98 Å². The van der Waals surface area contributed by atoms with Crippen LogP contribution in [0.15, 0.2) is 60.9 Å². The van der Waals surface area contributed by atoms with Gasteiger partial charge in [-0.2, -0.15) is 5.26 Å². The van der Waals surface area contributed by atoms with E-state index in [0.717, 1.165) is 22.0 Å². The maximum Gasteiger partial charge on any atom is 0.0995 e. The number of hydrogen-bond acceptors (Lipinski definition) is 3. The fourth-order valence-electron chi connectivity index (χ4n) is 2.25. The quantitative estimate of drug-likeness (QED) is 0.779. The molecule has 0 saturated heterocycles. The second-order valence-electron chi connectivity index (χ2n) is 4.52. The first-order valence-corrected chi connectivity index (χ1v) is 6.43. The van der Waals surface area contributed by atoms with Gasteiger partial charge >= 0.3 is 0 Å². The molecule has 0 aliphatic carbocycles. The van der Waals surface area contributed by atoms with Gasteiger partial charge in [0.15, 0.2) is 0 Å². The number of rotatable bonds is 3. The Hall–Kier alpha value is -2.86. The summed E-state index contributed by atoms with van der Waals surface area (Å²) < 4.78 is 0. The Morgan fingerprint density at radius 2 is 1.95 bits per heavy atom. The van der Waals surface area contributed by atoms with Gasteiger partial charge in [-0.1, -0.05) is 30.3 Å². The van der Waals surface area contributed by atoms with Crippen molar-refractivity contribution in [1.82, 2.24) is 4.98 Å². The molecule has 1 N–H and O–H groups in total. The molecule has 20 heavy (non-hydrogen) atoms. The maximum absolute atomic E-state index is 9.10. The summed E-state index contributed by atoms with van der Waals surface area (Å²) in [6.45, 7) is 0.630. The Bertz CT molecular complexity index is 782. The van der Waals surface area contributed by atoms with Gasteiger partial charge in [-0.05, 0) is 23.8 Å². The van der Waals surface area contributed by atoms with Crippen molar-refractivity contribution in [1.29, 1.82) is 5.26 Å². The first-order valence-electron chi connectivity index (χ1n) is 6.43. The highest BCUT2D eigenvalue weighted by molar-refractivity contribution is 5.93. The molecule has 3 rings (SSSR count). The molecule has 0 spiro atoms. The largest absolute Gasteiger partial charge is 0.380 e. The molecule has 0 unspecified atom stereocenters. The van der Waals surface area contributed by atoms with Gasteiger partial charge in [0, 0.05) is 35.4 Å². The highest BCUT2D eigenvalue weighted by Crippen LogP contribution is 2.23. The average Bonchev–Trinajstić information content (AvgIpc) is 2.53. The molecule has 0 atom stereocenters. The molecule has 0 bridgehead atoms. The summed E-state index contributed by atoms with van der Waals surface area (Å²) in [5, 5.41) is 14.7. The van der Waals surface area contributed by atoms with E-state index in [1.807, 2.05) is 54.7 Å². The van der Waals surface area contributed by atoms with E-state index < -0.39 is 0 Å². The standard InChI is InChI=1S/C17H13N3/c18-10-13-4-1-2-5-14(13)12-20-17-7-3-6-15-11-19-9-8-16(15)17/h1-9,11,20H,12H2. The fraction of sp³-hybridized carbons (Fsp3) is 0.0588. The summed E-state index contributed by atoms with van der Waals surface area (Å²) in [6.07, 6.45) is 3.64. The van der Waals surface area contributed by atoms with Gasteiger partial charge in [0.25, 0.3) is 0 Å². The molecular weight excluding hydrogens is 246 g/mol. The fourth-order valence-corrected chi connectivity index (χ4v) is 2.25. The van der Waals surface area contributed by atoms with Gasteiger partial charge in [0.2, 0.25) is 0 Å². The van der Waals surface area contributed by atoms with Crippen LogP contribution < -0.4 is 5.32 Å². The Balaban J connectivity index is 1.89. The van der Waals surface area contributed by atoms with Crippen LogP contribution in [0.1, 0.15) is 11.1 Å². The van der Waals surface area contributed by atoms with Crippen molar-refractivity contribution in [2.45, 2.75) is 6.54 Å². The summed E-state index contributed by atoms with van der Waals surface area (Å²) in [5.74, 6) is 0. The van der Waals surface area contributed by atoms with E-state index in [1.165, 1.54) is 0 Å². The van der Waals surface area contributed by atoms with Crippen molar-refractivity contribution < 1.29 is 0 Å². The van der Waals surface area contributed by atoms with E-state index in [0.29, 0.717) is 12.1 Å². The Morgan fingerprint density at radius 1 is 1.05 bits per heavy atom. The zero-order valence-electron chi connectivity index (χ0n) is 10.9. The van der Waals surface area contributed by atoms with Crippen molar-refractivity contribution in [3.05, 3.63) is 72.1 Å². The smallest absolute Gasteiger partial charge is 0.0995 e. The van der Waals surface area contributed by atoms with E-state index in [9.17, 15) is 0 Å². The van der Waals surface area contributed by atoms with Gasteiger partial charge in [-0.25, -0.2) is 0 Å². The lowest BCUT2D eigenvalue weighted by Gasteiger charge is -2.10. The Morgan fingerprint density at radius 3 is 2.85 bits per heavy atom. The zero-order valence-corrected chi connectivity index (χ0v) is 10.9. The first-order chi connectivity index (χ1) is 9.88. The maximum atomic E-state index is 9.10. The number of nitrogens with one attached hydrogen (secondary N) is 1. The number of nitriles is 1. The van der Waals surface area contributed by atoms with Gasteiger partial charge in [-0.3, -0.25) is 4.98 Å². The Labute approximate surface area is 117 Å². The topological polar surface area (TPSA) is 48.7 Å². The molecule has 0 aliphatic heterocycles. The van der Waals surface area contributed by atoms with E-state index in [4.69, 9.17) is 5.26 Å². The average molecular weight is 259 g/mol. The summed E-state index contributed by atoms with van der Waals surface area (Å²) >= 11 is 0. The minimum absolute atomic E-state index is 0.630. The molecule has 0 fully saturated rings. The predicted octanol–water partition coefficient (Wildman–Crippen LogP) is 3.72. The van der Waals surface area contributed by atoms with Gasteiger partial charge in [-0.15, -0.1) is 0 Å². The van der Waals surface area contributed by atoms with E-state index in [-0.39, 0.29) is 0 Å². The summed E-state index contributed by atoms with van der Waals surface area (Å²) in [4.78, 5) is 4.13. The molecule has 1 aromatic heterocycles. The second kappa shape index (κ2) is 5.41. The summed E-state index contributed by atoms with van der Waals surface area (Å²) in [7, 11) is 0. The number of benzene rings is 2. The number of fused-ring (bicyclic) bond motifs is 1. The van der Waals surface area contributed by atoms with Crippen LogP contribution in [0.2, 0.25) is 0 Å². The van der Waals surface area contributed by atoms with Gasteiger partial charge < -0.3 is 5.32 Å². The van der Waals surface area contributed by atoms with Crippen LogP contribution in [-0.2, 0) is 6.54 Å². The molecule has 3 nitrogen and oxygen atoms in total. The first kappa shape index (κ1) is 12.2. The lowest BCUT2D eigenvalue weighted by molar-refractivity contribution is 1.14. The lowest BCUT2D eigenvalue weighted by atomic mass is 10.1. The monoisotopic (exact) mass is 259 g/mol. The highest BCUT2D eigenvalue weighted by atomic mass is 14.9. The van der Waals surface area contributed by atoms with Crippen molar-refractivity contribution in [3.8, 4) is 6.07 Å². The number of pyridine rings is 1. The van der Waals surface area contributed by atoms with Gasteiger partial charge in [0.05, 0.1) is 11.6 Å². The molecule has 96 valence electrons.